The molecule has 2 heterocycles. The minimum absolute atomic E-state index is 0.0200. The number of aryl methyl sites for hydroxylation is 1. The maximum Gasteiger partial charge on any atom is 0.307 e. The standard InChI is InChI=1S/C30H34N2O2S/c1-19-8-10-22(11-9-19)28-21(3)29-25-13-12-24(31-14-6-5-7-15-31)16-23(25)18-32(35-4)30(29)20(2)26(28)17-27(33)34/h8-13,16H,5-7,14-15,17-18H2,1-4H3,(H,33,34). The zero-order valence-corrected chi connectivity index (χ0v) is 22.0. The molecule has 0 aliphatic carbocycles. The summed E-state index contributed by atoms with van der Waals surface area (Å²) in [5.41, 5.74) is 12.9. The maximum atomic E-state index is 12.0. The monoisotopic (exact) mass is 486 g/mol. The first kappa shape index (κ1) is 23.8. The number of benzene rings is 3. The van der Waals surface area contributed by atoms with Gasteiger partial charge in [-0.2, -0.15) is 0 Å². The van der Waals surface area contributed by atoms with Gasteiger partial charge in [-0.1, -0.05) is 47.8 Å². The molecular weight excluding hydrogens is 452 g/mol. The number of rotatable bonds is 5. The third kappa shape index (κ3) is 4.31. The van der Waals surface area contributed by atoms with Crippen molar-refractivity contribution in [2.75, 3.05) is 28.6 Å². The molecule has 0 unspecified atom stereocenters. The fraction of sp³-hybridized carbons (Fsp3) is 0.367. The molecule has 1 N–H and O–H groups in total. The highest BCUT2D eigenvalue weighted by Gasteiger charge is 2.30. The largest absolute Gasteiger partial charge is 0.481 e. The van der Waals surface area contributed by atoms with Crippen LogP contribution in [-0.2, 0) is 17.8 Å². The van der Waals surface area contributed by atoms with E-state index in [1.165, 1.54) is 52.9 Å². The summed E-state index contributed by atoms with van der Waals surface area (Å²) < 4.78 is 2.35. The number of hydrogen-bond acceptors (Lipinski definition) is 4. The average Bonchev–Trinajstić information content (AvgIpc) is 2.87. The number of aliphatic carboxylic acids is 1. The molecule has 0 spiro atoms. The first-order valence-corrected chi connectivity index (χ1v) is 13.7. The molecule has 0 amide bonds. The molecule has 5 heteroatoms. The number of hydrogen-bond donors (Lipinski definition) is 1. The Hall–Kier alpha value is -2.92. The van der Waals surface area contributed by atoms with Gasteiger partial charge in [0.15, 0.2) is 0 Å². The molecule has 1 fully saturated rings. The Morgan fingerprint density at radius 3 is 2.31 bits per heavy atom. The first-order chi connectivity index (χ1) is 16.9. The van der Waals surface area contributed by atoms with Gasteiger partial charge in [-0.3, -0.25) is 4.79 Å². The van der Waals surface area contributed by atoms with Crippen LogP contribution in [0.3, 0.4) is 0 Å². The van der Waals surface area contributed by atoms with E-state index in [2.05, 4.69) is 78.7 Å². The summed E-state index contributed by atoms with van der Waals surface area (Å²) in [6, 6.07) is 15.5. The first-order valence-electron chi connectivity index (χ1n) is 12.5. The van der Waals surface area contributed by atoms with E-state index >= 15 is 0 Å². The van der Waals surface area contributed by atoms with Crippen LogP contribution in [0.2, 0.25) is 0 Å². The van der Waals surface area contributed by atoms with Gasteiger partial charge in [-0.25, -0.2) is 0 Å². The van der Waals surface area contributed by atoms with Gasteiger partial charge < -0.3 is 14.3 Å². The average molecular weight is 487 g/mol. The van der Waals surface area contributed by atoms with Gasteiger partial charge in [0, 0.05) is 30.6 Å². The van der Waals surface area contributed by atoms with Crippen LogP contribution in [0.4, 0.5) is 11.4 Å². The summed E-state index contributed by atoms with van der Waals surface area (Å²) in [6.45, 7) is 9.45. The lowest BCUT2D eigenvalue weighted by Gasteiger charge is -2.37. The molecule has 1 saturated heterocycles. The van der Waals surface area contributed by atoms with E-state index in [0.29, 0.717) is 0 Å². The number of piperidine rings is 1. The van der Waals surface area contributed by atoms with E-state index in [9.17, 15) is 9.90 Å². The van der Waals surface area contributed by atoms with Crippen molar-refractivity contribution in [3.8, 4) is 22.3 Å². The molecule has 35 heavy (non-hydrogen) atoms. The zero-order chi connectivity index (χ0) is 24.7. The molecule has 2 aliphatic heterocycles. The molecular formula is C30H34N2O2S. The predicted molar refractivity (Wildman–Crippen MR) is 149 cm³/mol. The summed E-state index contributed by atoms with van der Waals surface area (Å²) >= 11 is 1.72. The SMILES string of the molecule is CSN1Cc2cc(N3CCCCC3)ccc2-c2c(C)c(-c3ccc(C)cc3)c(CC(=O)O)c(C)c21. The third-order valence-electron chi connectivity index (χ3n) is 7.63. The van der Waals surface area contributed by atoms with Gasteiger partial charge in [-0.05, 0) is 91.1 Å². The van der Waals surface area contributed by atoms with Crippen LogP contribution in [-0.4, -0.2) is 30.4 Å². The van der Waals surface area contributed by atoms with Crippen molar-refractivity contribution < 1.29 is 9.90 Å². The molecule has 0 atom stereocenters. The third-order valence-corrected chi connectivity index (χ3v) is 8.38. The molecule has 0 aromatic heterocycles. The lowest BCUT2D eigenvalue weighted by atomic mass is 9.81. The summed E-state index contributed by atoms with van der Waals surface area (Å²) in [5.74, 6) is -0.793. The van der Waals surface area contributed by atoms with Crippen molar-refractivity contribution in [2.24, 2.45) is 0 Å². The lowest BCUT2D eigenvalue weighted by molar-refractivity contribution is -0.136. The maximum absolute atomic E-state index is 12.0. The van der Waals surface area contributed by atoms with Crippen molar-refractivity contribution in [3.05, 3.63) is 70.3 Å². The number of carbonyl (C=O) groups is 1. The quantitative estimate of drug-likeness (QED) is 0.388. The van der Waals surface area contributed by atoms with Crippen molar-refractivity contribution in [1.29, 1.82) is 0 Å². The van der Waals surface area contributed by atoms with Crippen molar-refractivity contribution >= 4 is 29.3 Å². The van der Waals surface area contributed by atoms with Crippen LogP contribution < -0.4 is 9.21 Å². The fourth-order valence-electron chi connectivity index (χ4n) is 5.86. The minimum Gasteiger partial charge on any atom is -0.481 e. The summed E-state index contributed by atoms with van der Waals surface area (Å²) in [7, 11) is 0. The van der Waals surface area contributed by atoms with Crippen molar-refractivity contribution in [1.82, 2.24) is 0 Å². The van der Waals surface area contributed by atoms with Gasteiger partial charge >= 0.3 is 5.97 Å². The van der Waals surface area contributed by atoms with E-state index in [1.54, 1.807) is 11.9 Å². The Balaban J connectivity index is 1.74. The van der Waals surface area contributed by atoms with E-state index in [4.69, 9.17) is 0 Å². The molecule has 2 aliphatic rings. The van der Waals surface area contributed by atoms with Crippen LogP contribution in [0.1, 0.15) is 47.1 Å². The topological polar surface area (TPSA) is 43.8 Å². The van der Waals surface area contributed by atoms with Crippen LogP contribution in [0.15, 0.2) is 42.5 Å². The summed E-state index contributed by atoms with van der Waals surface area (Å²) in [4.78, 5) is 14.5. The number of nitrogens with zero attached hydrogens (tertiary/aromatic N) is 2. The normalized spacial score (nSPS) is 15.1. The molecule has 5 rings (SSSR count). The van der Waals surface area contributed by atoms with Crippen LogP contribution in [0.25, 0.3) is 22.3 Å². The van der Waals surface area contributed by atoms with Gasteiger partial charge in [0.1, 0.15) is 0 Å². The second kappa shape index (κ2) is 9.62. The van der Waals surface area contributed by atoms with Crippen LogP contribution in [0.5, 0.6) is 0 Å². The van der Waals surface area contributed by atoms with E-state index in [-0.39, 0.29) is 6.42 Å². The van der Waals surface area contributed by atoms with Gasteiger partial charge in [0.2, 0.25) is 0 Å². The summed E-state index contributed by atoms with van der Waals surface area (Å²) in [6.07, 6.45) is 5.99. The van der Waals surface area contributed by atoms with Crippen LogP contribution >= 0.6 is 11.9 Å². The Bertz CT molecular complexity index is 1280. The Morgan fingerprint density at radius 2 is 1.66 bits per heavy atom. The highest BCUT2D eigenvalue weighted by molar-refractivity contribution is 7.99. The molecule has 3 aromatic rings. The Morgan fingerprint density at radius 1 is 0.943 bits per heavy atom. The highest BCUT2D eigenvalue weighted by atomic mass is 32.2. The number of carboxylic acid groups (broad SMARTS) is 1. The minimum atomic E-state index is -0.793. The van der Waals surface area contributed by atoms with Crippen LogP contribution in [0, 0.1) is 20.8 Å². The molecule has 182 valence electrons. The van der Waals surface area contributed by atoms with E-state index in [0.717, 1.165) is 47.5 Å². The Labute approximate surface area is 213 Å². The molecule has 0 radical (unpaired) electrons. The van der Waals surface area contributed by atoms with Gasteiger partial charge in [0.25, 0.3) is 0 Å². The summed E-state index contributed by atoms with van der Waals surface area (Å²) in [5, 5.41) is 9.81. The number of anilines is 2. The second-order valence-corrected chi connectivity index (χ2v) is 10.7. The fourth-order valence-corrected chi connectivity index (χ4v) is 6.54. The molecule has 4 nitrogen and oxygen atoms in total. The predicted octanol–water partition coefficient (Wildman–Crippen LogP) is 7.16. The Kier molecular flexibility index (Phi) is 6.54. The molecule has 0 bridgehead atoms. The highest BCUT2D eigenvalue weighted by Crippen LogP contribution is 2.50. The van der Waals surface area contributed by atoms with Gasteiger partial charge in [0.05, 0.1) is 18.7 Å². The number of carboxylic acids is 1. The zero-order valence-electron chi connectivity index (χ0n) is 21.1. The van der Waals surface area contributed by atoms with E-state index < -0.39 is 5.97 Å². The molecule has 3 aromatic carbocycles. The second-order valence-electron chi connectivity index (χ2n) is 9.87. The van der Waals surface area contributed by atoms with Crippen molar-refractivity contribution in [3.63, 3.8) is 0 Å². The smallest absolute Gasteiger partial charge is 0.307 e. The van der Waals surface area contributed by atoms with Gasteiger partial charge in [-0.15, -0.1) is 0 Å². The van der Waals surface area contributed by atoms with Crippen molar-refractivity contribution in [2.45, 2.75) is 53.0 Å². The number of fused-ring (bicyclic) bond motifs is 3. The van der Waals surface area contributed by atoms with E-state index in [1.807, 2.05) is 0 Å². The lowest BCUT2D eigenvalue weighted by Crippen LogP contribution is -2.30. The molecule has 0 saturated carbocycles.